The molecule has 3 unspecified atom stereocenters. The number of carbonyl (C=O) groups excluding carboxylic acids is 1. The molecule has 2 aromatic carbocycles. The van der Waals surface area contributed by atoms with Gasteiger partial charge in [0.1, 0.15) is 10.9 Å². The number of hydrogen-bond donors (Lipinski definition) is 2. The van der Waals surface area contributed by atoms with Gasteiger partial charge < -0.3 is 15.8 Å². The highest BCUT2D eigenvalue weighted by molar-refractivity contribution is 9.10. The van der Waals surface area contributed by atoms with Crippen molar-refractivity contribution in [3.8, 4) is 0 Å². The van der Waals surface area contributed by atoms with E-state index < -0.39 is 38.2 Å². The van der Waals surface area contributed by atoms with Gasteiger partial charge in [-0.05, 0) is 62.7 Å². The second kappa shape index (κ2) is 8.15. The topological polar surface area (TPSA) is 98.5 Å². The molecule has 3 atom stereocenters. The normalized spacial score (nSPS) is 23.7. The van der Waals surface area contributed by atoms with Gasteiger partial charge in [-0.3, -0.25) is 0 Å². The van der Waals surface area contributed by atoms with Crippen LogP contribution in [-0.2, 0) is 14.6 Å². The van der Waals surface area contributed by atoms with Crippen molar-refractivity contribution < 1.29 is 17.9 Å². The first-order chi connectivity index (χ1) is 13.9. The Kier molecular flexibility index (Phi) is 6.26. The number of nitrogens with two attached hydrogens (primary N) is 1. The Hall–Kier alpha value is -1.61. The van der Waals surface area contributed by atoms with Crippen LogP contribution in [0.3, 0.4) is 0 Å². The predicted octanol–water partition coefficient (Wildman–Crippen LogP) is 4.26. The van der Waals surface area contributed by atoms with E-state index in [-0.39, 0.29) is 11.4 Å². The van der Waals surface area contributed by atoms with Crippen LogP contribution in [0.4, 0.5) is 4.79 Å². The van der Waals surface area contributed by atoms with E-state index in [9.17, 15) is 13.2 Å². The highest BCUT2D eigenvalue weighted by atomic mass is 79.9. The van der Waals surface area contributed by atoms with E-state index in [1.54, 1.807) is 20.8 Å². The summed E-state index contributed by atoms with van der Waals surface area (Å²) in [4.78, 5) is 12.7. The highest BCUT2D eigenvalue weighted by Crippen LogP contribution is 2.57. The molecule has 1 amide bonds. The van der Waals surface area contributed by atoms with Crippen molar-refractivity contribution >= 4 is 43.5 Å². The van der Waals surface area contributed by atoms with Crippen molar-refractivity contribution in [1.29, 1.82) is 0 Å². The van der Waals surface area contributed by atoms with Gasteiger partial charge in [-0.25, -0.2) is 13.2 Å². The van der Waals surface area contributed by atoms with Gasteiger partial charge in [0.25, 0.3) is 0 Å². The zero-order chi connectivity index (χ0) is 22.3. The van der Waals surface area contributed by atoms with Crippen molar-refractivity contribution in [3.63, 3.8) is 0 Å². The fourth-order valence-corrected chi connectivity index (χ4v) is 6.44. The summed E-state index contributed by atoms with van der Waals surface area (Å²) in [5.74, 6) is -0.524. The maximum absolute atomic E-state index is 13.5. The van der Waals surface area contributed by atoms with E-state index in [0.717, 1.165) is 10.0 Å². The number of ether oxygens (including phenoxy) is 1. The molecule has 9 heteroatoms. The second-order valence-electron chi connectivity index (χ2n) is 8.32. The molecule has 2 aromatic rings. The molecule has 0 aromatic heterocycles. The number of hydrogen-bond acceptors (Lipinski definition) is 5. The van der Waals surface area contributed by atoms with Crippen LogP contribution in [0.2, 0.25) is 5.02 Å². The molecular weight excluding hydrogens is 492 g/mol. The number of carbonyl (C=O) groups is 1. The number of nitrogens with one attached hydrogen (secondary N) is 1. The van der Waals surface area contributed by atoms with Gasteiger partial charge in [-0.15, -0.1) is 0 Å². The fraction of sp³-hybridized carbons (Fsp3) is 0.381. The van der Waals surface area contributed by atoms with E-state index in [1.165, 1.54) is 24.3 Å². The Bertz CT molecular complexity index is 1040. The molecule has 162 valence electrons. The average Bonchev–Trinajstić information content (AvgIpc) is 3.30. The average molecular weight is 516 g/mol. The molecule has 30 heavy (non-hydrogen) atoms. The van der Waals surface area contributed by atoms with Gasteiger partial charge in [0.05, 0.1) is 10.4 Å². The third-order valence-corrected chi connectivity index (χ3v) is 8.10. The number of alkyl carbamates (subject to hydrolysis) is 1. The number of sulfone groups is 1. The number of benzene rings is 2. The lowest BCUT2D eigenvalue weighted by atomic mass is 10.1. The van der Waals surface area contributed by atoms with Crippen molar-refractivity contribution in [2.24, 2.45) is 5.73 Å². The zero-order valence-corrected chi connectivity index (χ0v) is 20.0. The molecule has 0 saturated heterocycles. The maximum atomic E-state index is 13.5. The molecule has 3 rings (SSSR count). The van der Waals surface area contributed by atoms with E-state index in [1.807, 2.05) is 24.3 Å². The Labute approximate surface area is 190 Å². The van der Waals surface area contributed by atoms with Gasteiger partial charge in [0.15, 0.2) is 9.84 Å². The Balaban J connectivity index is 2.03. The van der Waals surface area contributed by atoms with Gasteiger partial charge >= 0.3 is 6.09 Å². The standard InChI is InChI=1S/C21H24BrClN2O4S/c1-20(2,3)29-19(26)25-21(12-24)17(13-4-6-14(22)7-5-13)18(21)30(27,28)16-10-8-15(23)9-11-16/h4-11,17-18H,12,24H2,1-3H3,(H,25,26). The fourth-order valence-electron chi connectivity index (χ4n) is 3.71. The Morgan fingerprint density at radius 3 is 2.23 bits per heavy atom. The molecular formula is C21H24BrClN2O4S. The van der Waals surface area contributed by atoms with Crippen molar-refractivity contribution in [2.75, 3.05) is 6.54 Å². The number of amides is 1. The Morgan fingerprint density at radius 2 is 1.73 bits per heavy atom. The van der Waals surface area contributed by atoms with Crippen molar-refractivity contribution in [1.82, 2.24) is 5.32 Å². The van der Waals surface area contributed by atoms with E-state index in [2.05, 4.69) is 21.2 Å². The molecule has 1 fully saturated rings. The SMILES string of the molecule is CC(C)(C)OC(=O)NC1(CN)C(c2ccc(Br)cc2)C1S(=O)(=O)c1ccc(Cl)cc1. The summed E-state index contributed by atoms with van der Waals surface area (Å²) in [5.41, 5.74) is 4.91. The second-order valence-corrected chi connectivity index (χ2v) is 11.7. The smallest absolute Gasteiger partial charge is 0.408 e. The molecule has 0 bridgehead atoms. The highest BCUT2D eigenvalue weighted by Gasteiger charge is 2.71. The summed E-state index contributed by atoms with van der Waals surface area (Å²) in [5, 5.41) is 2.27. The number of halogens is 2. The van der Waals surface area contributed by atoms with Crippen LogP contribution in [0.5, 0.6) is 0 Å². The minimum absolute atomic E-state index is 0.0650. The van der Waals surface area contributed by atoms with Gasteiger partial charge in [0, 0.05) is 22.0 Å². The van der Waals surface area contributed by atoms with Crippen LogP contribution in [0, 0.1) is 0 Å². The molecule has 0 heterocycles. The minimum Gasteiger partial charge on any atom is -0.444 e. The van der Waals surface area contributed by atoms with Gasteiger partial charge in [-0.2, -0.15) is 0 Å². The Morgan fingerprint density at radius 1 is 1.17 bits per heavy atom. The van der Waals surface area contributed by atoms with E-state index in [0.29, 0.717) is 5.02 Å². The van der Waals surface area contributed by atoms with Crippen molar-refractivity contribution in [3.05, 3.63) is 63.6 Å². The summed E-state index contributed by atoms with van der Waals surface area (Å²) in [7, 11) is -3.82. The molecule has 0 spiro atoms. The first-order valence-electron chi connectivity index (χ1n) is 9.37. The molecule has 0 radical (unpaired) electrons. The summed E-state index contributed by atoms with van der Waals surface area (Å²) in [6, 6.07) is 13.3. The maximum Gasteiger partial charge on any atom is 0.408 e. The molecule has 0 aliphatic heterocycles. The molecule has 1 aliphatic carbocycles. The summed E-state index contributed by atoms with van der Waals surface area (Å²) in [6.07, 6.45) is -0.705. The minimum atomic E-state index is -3.82. The third kappa shape index (κ3) is 4.51. The lowest BCUT2D eigenvalue weighted by Crippen LogP contribution is -2.49. The lowest BCUT2D eigenvalue weighted by Gasteiger charge is -2.24. The monoisotopic (exact) mass is 514 g/mol. The first kappa shape index (κ1) is 23.1. The van der Waals surface area contributed by atoms with Crippen LogP contribution < -0.4 is 11.1 Å². The summed E-state index contributed by atoms with van der Waals surface area (Å²) in [6.45, 7) is 5.15. The van der Waals surface area contributed by atoms with E-state index in [4.69, 9.17) is 22.1 Å². The summed E-state index contributed by atoms with van der Waals surface area (Å²) < 4.78 is 33.2. The predicted molar refractivity (Wildman–Crippen MR) is 120 cm³/mol. The van der Waals surface area contributed by atoms with Crippen LogP contribution in [-0.4, -0.2) is 37.4 Å². The molecule has 3 N–H and O–H groups in total. The zero-order valence-electron chi connectivity index (χ0n) is 16.9. The van der Waals surface area contributed by atoms with Crippen LogP contribution in [0.1, 0.15) is 32.3 Å². The van der Waals surface area contributed by atoms with Gasteiger partial charge in [-0.1, -0.05) is 39.7 Å². The molecule has 1 aliphatic rings. The van der Waals surface area contributed by atoms with Crippen LogP contribution in [0.25, 0.3) is 0 Å². The largest absolute Gasteiger partial charge is 0.444 e. The first-order valence-corrected chi connectivity index (χ1v) is 12.1. The third-order valence-electron chi connectivity index (χ3n) is 5.03. The molecule has 1 saturated carbocycles. The summed E-state index contributed by atoms with van der Waals surface area (Å²) >= 11 is 9.30. The van der Waals surface area contributed by atoms with Crippen LogP contribution in [0.15, 0.2) is 57.9 Å². The van der Waals surface area contributed by atoms with Gasteiger partial charge in [0.2, 0.25) is 0 Å². The van der Waals surface area contributed by atoms with E-state index >= 15 is 0 Å². The quantitative estimate of drug-likeness (QED) is 0.620. The lowest BCUT2D eigenvalue weighted by molar-refractivity contribution is 0.0497. The van der Waals surface area contributed by atoms with Crippen molar-refractivity contribution in [2.45, 2.75) is 48.0 Å². The van der Waals surface area contributed by atoms with Crippen LogP contribution >= 0.6 is 27.5 Å². The molecule has 6 nitrogen and oxygen atoms in total. The number of rotatable bonds is 5.